The molecular formula is C23H33N3O3. The maximum absolute atomic E-state index is 12.4. The Balaban J connectivity index is 1.35. The van der Waals surface area contributed by atoms with Gasteiger partial charge in [-0.15, -0.1) is 0 Å². The van der Waals surface area contributed by atoms with Crippen LogP contribution in [-0.4, -0.2) is 68.0 Å². The molecule has 0 spiro atoms. The Kier molecular flexibility index (Phi) is 8.11. The van der Waals surface area contributed by atoms with Gasteiger partial charge in [0.05, 0.1) is 7.11 Å². The highest BCUT2D eigenvalue weighted by Crippen LogP contribution is 2.18. The Hall–Kier alpha value is -2.34. The van der Waals surface area contributed by atoms with Crippen LogP contribution in [0, 0.1) is 5.92 Å². The predicted molar refractivity (Wildman–Crippen MR) is 115 cm³/mol. The van der Waals surface area contributed by atoms with Crippen LogP contribution in [0.2, 0.25) is 0 Å². The van der Waals surface area contributed by atoms with E-state index < -0.39 is 0 Å². The molecule has 1 N–H and O–H groups in total. The monoisotopic (exact) mass is 399 g/mol. The Morgan fingerprint density at radius 1 is 1.17 bits per heavy atom. The van der Waals surface area contributed by atoms with Gasteiger partial charge < -0.3 is 19.9 Å². The second kappa shape index (κ2) is 11.0. The zero-order valence-electron chi connectivity index (χ0n) is 17.4. The van der Waals surface area contributed by atoms with Crippen LogP contribution in [0.15, 0.2) is 30.3 Å². The highest BCUT2D eigenvalue weighted by Gasteiger charge is 2.26. The lowest BCUT2D eigenvalue weighted by Crippen LogP contribution is -2.42. The molecule has 1 aromatic rings. The Morgan fingerprint density at radius 2 is 1.93 bits per heavy atom. The highest BCUT2D eigenvalue weighted by molar-refractivity contribution is 5.92. The van der Waals surface area contributed by atoms with E-state index >= 15 is 0 Å². The van der Waals surface area contributed by atoms with Crippen LogP contribution in [0.25, 0.3) is 6.08 Å². The SMILES string of the molecule is COc1cccc(C=CC(=O)N2CCC(C(=O)NCCCN3CCCC3)CC2)c1. The van der Waals surface area contributed by atoms with Crippen molar-refractivity contribution in [3.8, 4) is 5.75 Å². The number of benzene rings is 1. The lowest BCUT2D eigenvalue weighted by molar-refractivity contribution is -0.132. The van der Waals surface area contributed by atoms with Crippen molar-refractivity contribution in [3.63, 3.8) is 0 Å². The molecule has 0 bridgehead atoms. The first kappa shape index (κ1) is 21.4. The number of rotatable bonds is 8. The molecule has 2 amide bonds. The first-order chi connectivity index (χ1) is 14.2. The second-order valence-corrected chi connectivity index (χ2v) is 7.90. The molecule has 29 heavy (non-hydrogen) atoms. The van der Waals surface area contributed by atoms with Gasteiger partial charge in [0.2, 0.25) is 11.8 Å². The molecule has 0 aromatic heterocycles. The van der Waals surface area contributed by atoms with Crippen molar-refractivity contribution in [1.29, 1.82) is 0 Å². The van der Waals surface area contributed by atoms with Gasteiger partial charge in [0, 0.05) is 31.6 Å². The quantitative estimate of drug-likeness (QED) is 0.539. The van der Waals surface area contributed by atoms with Gasteiger partial charge in [-0.3, -0.25) is 9.59 Å². The summed E-state index contributed by atoms with van der Waals surface area (Å²) < 4.78 is 5.20. The number of nitrogens with zero attached hydrogens (tertiary/aromatic N) is 2. The number of carbonyl (C=O) groups excluding carboxylic acids is 2. The molecule has 2 saturated heterocycles. The maximum atomic E-state index is 12.4. The zero-order chi connectivity index (χ0) is 20.5. The molecular weight excluding hydrogens is 366 g/mol. The van der Waals surface area contributed by atoms with Crippen molar-refractivity contribution in [1.82, 2.24) is 15.1 Å². The van der Waals surface area contributed by atoms with Gasteiger partial charge in [-0.2, -0.15) is 0 Å². The van der Waals surface area contributed by atoms with E-state index in [0.29, 0.717) is 13.1 Å². The number of amides is 2. The van der Waals surface area contributed by atoms with E-state index in [9.17, 15) is 9.59 Å². The van der Waals surface area contributed by atoms with Crippen LogP contribution in [-0.2, 0) is 9.59 Å². The second-order valence-electron chi connectivity index (χ2n) is 7.90. The normalized spacial score (nSPS) is 18.3. The molecule has 0 unspecified atom stereocenters. The largest absolute Gasteiger partial charge is 0.497 e. The first-order valence-corrected chi connectivity index (χ1v) is 10.8. The van der Waals surface area contributed by atoms with Gasteiger partial charge in [-0.05, 0) is 75.5 Å². The number of piperidine rings is 1. The smallest absolute Gasteiger partial charge is 0.246 e. The van der Waals surface area contributed by atoms with Crippen LogP contribution < -0.4 is 10.1 Å². The van der Waals surface area contributed by atoms with Crippen LogP contribution in [0.3, 0.4) is 0 Å². The molecule has 3 rings (SSSR count). The number of hydrogen-bond donors (Lipinski definition) is 1. The number of nitrogens with one attached hydrogen (secondary N) is 1. The Labute approximate surface area is 173 Å². The molecule has 2 fully saturated rings. The summed E-state index contributed by atoms with van der Waals surface area (Å²) in [5, 5.41) is 3.08. The predicted octanol–water partition coefficient (Wildman–Crippen LogP) is 2.55. The van der Waals surface area contributed by atoms with Crippen molar-refractivity contribution in [2.24, 2.45) is 5.92 Å². The zero-order valence-corrected chi connectivity index (χ0v) is 17.4. The summed E-state index contributed by atoms with van der Waals surface area (Å²) in [5.74, 6) is 0.933. The summed E-state index contributed by atoms with van der Waals surface area (Å²) in [6, 6.07) is 7.61. The van der Waals surface area contributed by atoms with Crippen molar-refractivity contribution >= 4 is 17.9 Å². The van der Waals surface area contributed by atoms with Crippen LogP contribution in [0.1, 0.15) is 37.7 Å². The van der Waals surface area contributed by atoms with Crippen molar-refractivity contribution in [2.45, 2.75) is 32.1 Å². The van der Waals surface area contributed by atoms with E-state index in [1.807, 2.05) is 35.2 Å². The third-order valence-corrected chi connectivity index (χ3v) is 5.84. The van der Waals surface area contributed by atoms with Crippen molar-refractivity contribution in [3.05, 3.63) is 35.9 Å². The fourth-order valence-corrected chi connectivity index (χ4v) is 4.04. The maximum Gasteiger partial charge on any atom is 0.246 e. The molecule has 0 saturated carbocycles. The van der Waals surface area contributed by atoms with E-state index in [0.717, 1.165) is 43.7 Å². The molecule has 0 atom stereocenters. The summed E-state index contributed by atoms with van der Waals surface area (Å²) in [7, 11) is 1.63. The van der Waals surface area contributed by atoms with Gasteiger partial charge in [0.15, 0.2) is 0 Å². The van der Waals surface area contributed by atoms with Crippen molar-refractivity contribution < 1.29 is 14.3 Å². The number of likely N-dealkylation sites (tertiary alicyclic amines) is 2. The number of ether oxygens (including phenoxy) is 1. The van der Waals surface area contributed by atoms with E-state index in [2.05, 4.69) is 10.2 Å². The van der Waals surface area contributed by atoms with Gasteiger partial charge in [-0.25, -0.2) is 0 Å². The van der Waals surface area contributed by atoms with E-state index in [4.69, 9.17) is 4.74 Å². The lowest BCUT2D eigenvalue weighted by atomic mass is 9.95. The van der Waals surface area contributed by atoms with Crippen LogP contribution >= 0.6 is 0 Å². The molecule has 6 heteroatoms. The minimum absolute atomic E-state index is 0.00251. The van der Waals surface area contributed by atoms with Crippen LogP contribution in [0.4, 0.5) is 0 Å². The third-order valence-electron chi connectivity index (χ3n) is 5.84. The first-order valence-electron chi connectivity index (χ1n) is 10.8. The molecule has 0 radical (unpaired) electrons. The molecule has 6 nitrogen and oxygen atoms in total. The highest BCUT2D eigenvalue weighted by atomic mass is 16.5. The summed E-state index contributed by atoms with van der Waals surface area (Å²) in [6.07, 6.45) is 8.50. The number of methoxy groups -OCH3 is 1. The van der Waals surface area contributed by atoms with E-state index in [1.165, 1.54) is 25.9 Å². The Morgan fingerprint density at radius 3 is 2.66 bits per heavy atom. The number of hydrogen-bond acceptors (Lipinski definition) is 4. The lowest BCUT2D eigenvalue weighted by Gasteiger charge is -2.30. The Bertz CT molecular complexity index is 705. The van der Waals surface area contributed by atoms with Gasteiger partial charge in [0.25, 0.3) is 0 Å². The molecule has 158 valence electrons. The molecule has 2 aliphatic rings. The van der Waals surface area contributed by atoms with E-state index in [1.54, 1.807) is 13.2 Å². The topological polar surface area (TPSA) is 61.9 Å². The summed E-state index contributed by atoms with van der Waals surface area (Å²) in [4.78, 5) is 29.1. The third kappa shape index (κ3) is 6.60. The van der Waals surface area contributed by atoms with Gasteiger partial charge in [-0.1, -0.05) is 12.1 Å². The summed E-state index contributed by atoms with van der Waals surface area (Å²) in [5.41, 5.74) is 0.931. The average Bonchev–Trinajstić information content (AvgIpc) is 3.28. The number of carbonyl (C=O) groups is 2. The molecule has 2 aliphatic heterocycles. The van der Waals surface area contributed by atoms with Gasteiger partial charge in [0.1, 0.15) is 5.75 Å². The van der Waals surface area contributed by atoms with Crippen molar-refractivity contribution in [2.75, 3.05) is 46.4 Å². The fraction of sp³-hybridized carbons (Fsp3) is 0.565. The molecule has 2 heterocycles. The standard InChI is InChI=1S/C23H33N3O3/c1-29-21-7-4-6-19(18-21)8-9-22(27)26-16-10-20(11-17-26)23(28)24-12-5-15-25-13-2-3-14-25/h4,6-9,18,20H,2-3,5,10-17H2,1H3,(H,24,28). The minimum Gasteiger partial charge on any atom is -0.497 e. The molecule has 0 aliphatic carbocycles. The minimum atomic E-state index is -0.00251. The molecule has 1 aromatic carbocycles. The fourth-order valence-electron chi connectivity index (χ4n) is 4.04. The summed E-state index contributed by atoms with van der Waals surface area (Å²) in [6.45, 7) is 5.49. The average molecular weight is 400 g/mol. The van der Waals surface area contributed by atoms with Gasteiger partial charge >= 0.3 is 0 Å². The summed E-state index contributed by atoms with van der Waals surface area (Å²) >= 11 is 0. The van der Waals surface area contributed by atoms with Crippen LogP contribution in [0.5, 0.6) is 5.75 Å². The van der Waals surface area contributed by atoms with E-state index in [-0.39, 0.29) is 17.7 Å².